The van der Waals surface area contributed by atoms with E-state index in [9.17, 15) is 4.79 Å². The van der Waals surface area contributed by atoms with Crippen LogP contribution in [0.4, 0.5) is 0 Å². The van der Waals surface area contributed by atoms with Gasteiger partial charge >= 0.3 is 0 Å². The lowest BCUT2D eigenvalue weighted by molar-refractivity contribution is -0.129. The molecule has 0 aromatic carbocycles. The number of likely N-dealkylation sites (N-methyl/N-ethyl adjacent to an activating group) is 1. The van der Waals surface area contributed by atoms with Crippen molar-refractivity contribution in [2.75, 3.05) is 13.6 Å². The lowest BCUT2D eigenvalue weighted by Gasteiger charge is -2.09. The molecular formula is C7H10N4O. The summed E-state index contributed by atoms with van der Waals surface area (Å²) < 4.78 is 1.62. The van der Waals surface area contributed by atoms with Crippen molar-refractivity contribution in [3.8, 4) is 0 Å². The maximum atomic E-state index is 11.4. The Labute approximate surface area is 70.0 Å². The van der Waals surface area contributed by atoms with Crippen molar-refractivity contribution in [1.82, 2.24) is 19.9 Å². The zero-order valence-corrected chi connectivity index (χ0v) is 6.84. The highest BCUT2D eigenvalue weighted by Gasteiger charge is 2.30. The van der Waals surface area contributed by atoms with Gasteiger partial charge in [-0.05, 0) is 6.42 Å². The maximum absolute atomic E-state index is 11.4. The fraction of sp³-hybridized carbons (Fsp3) is 0.571. The van der Waals surface area contributed by atoms with Crippen LogP contribution in [0.1, 0.15) is 12.5 Å². The van der Waals surface area contributed by atoms with Gasteiger partial charge in [-0.1, -0.05) is 5.21 Å². The summed E-state index contributed by atoms with van der Waals surface area (Å²) in [4.78, 5) is 13.2. The normalized spacial score (nSPS) is 23.6. The zero-order valence-electron chi connectivity index (χ0n) is 6.84. The highest BCUT2D eigenvalue weighted by atomic mass is 16.2. The van der Waals surface area contributed by atoms with Gasteiger partial charge in [0.25, 0.3) is 0 Å². The number of aromatic nitrogens is 3. The molecule has 0 bridgehead atoms. The summed E-state index contributed by atoms with van der Waals surface area (Å²) in [6.45, 7) is 0.809. The van der Waals surface area contributed by atoms with Gasteiger partial charge in [-0.25, -0.2) is 4.68 Å². The zero-order chi connectivity index (χ0) is 8.55. The number of carbonyl (C=O) groups is 1. The Bertz CT molecular complexity index is 282. The van der Waals surface area contributed by atoms with Gasteiger partial charge < -0.3 is 4.90 Å². The van der Waals surface area contributed by atoms with E-state index in [1.54, 1.807) is 29.0 Å². The van der Waals surface area contributed by atoms with Crippen LogP contribution in [0.5, 0.6) is 0 Å². The predicted molar refractivity (Wildman–Crippen MR) is 41.3 cm³/mol. The molecule has 12 heavy (non-hydrogen) atoms. The molecule has 1 saturated heterocycles. The molecule has 1 aromatic heterocycles. The second-order valence-electron chi connectivity index (χ2n) is 2.95. The summed E-state index contributed by atoms with van der Waals surface area (Å²) in [7, 11) is 1.80. The second-order valence-corrected chi connectivity index (χ2v) is 2.95. The number of carbonyl (C=O) groups excluding carboxylic acids is 1. The van der Waals surface area contributed by atoms with E-state index >= 15 is 0 Å². The summed E-state index contributed by atoms with van der Waals surface area (Å²) >= 11 is 0. The van der Waals surface area contributed by atoms with Crippen LogP contribution in [-0.4, -0.2) is 39.4 Å². The van der Waals surface area contributed by atoms with Crippen molar-refractivity contribution in [2.24, 2.45) is 0 Å². The standard InChI is InChI=1S/C7H10N4O/c1-10-4-2-6(7(10)12)11-5-3-8-9-11/h3,5-6H,2,4H2,1H3. The third-order valence-corrected chi connectivity index (χ3v) is 2.16. The molecule has 5 heteroatoms. The molecule has 1 amide bonds. The molecule has 0 radical (unpaired) electrons. The molecule has 1 aliphatic rings. The van der Waals surface area contributed by atoms with Crippen LogP contribution >= 0.6 is 0 Å². The maximum Gasteiger partial charge on any atom is 0.247 e. The lowest BCUT2D eigenvalue weighted by Crippen LogP contribution is -2.24. The Morgan fingerprint density at radius 1 is 1.67 bits per heavy atom. The van der Waals surface area contributed by atoms with E-state index in [0.717, 1.165) is 13.0 Å². The van der Waals surface area contributed by atoms with Crippen molar-refractivity contribution >= 4 is 5.91 Å². The van der Waals surface area contributed by atoms with E-state index in [0.29, 0.717) is 0 Å². The minimum absolute atomic E-state index is 0.125. The fourth-order valence-electron chi connectivity index (χ4n) is 1.43. The van der Waals surface area contributed by atoms with Gasteiger partial charge in [-0.2, -0.15) is 0 Å². The number of hydrogen-bond acceptors (Lipinski definition) is 3. The van der Waals surface area contributed by atoms with Crippen LogP contribution < -0.4 is 0 Å². The van der Waals surface area contributed by atoms with Crippen molar-refractivity contribution in [1.29, 1.82) is 0 Å². The molecule has 0 spiro atoms. The van der Waals surface area contributed by atoms with Gasteiger partial charge in [0.1, 0.15) is 6.04 Å². The smallest absolute Gasteiger partial charge is 0.247 e. The molecule has 1 fully saturated rings. The largest absolute Gasteiger partial charge is 0.344 e. The van der Waals surface area contributed by atoms with Gasteiger partial charge in [0.05, 0.1) is 6.20 Å². The summed E-state index contributed by atoms with van der Waals surface area (Å²) in [5, 5.41) is 7.47. The number of hydrogen-bond donors (Lipinski definition) is 0. The first kappa shape index (κ1) is 7.27. The molecule has 0 aliphatic carbocycles. The van der Waals surface area contributed by atoms with Crippen LogP contribution in [0, 0.1) is 0 Å². The molecule has 64 valence electrons. The minimum Gasteiger partial charge on any atom is -0.344 e. The molecule has 0 saturated carbocycles. The molecule has 1 aliphatic heterocycles. The first-order chi connectivity index (χ1) is 5.79. The van der Waals surface area contributed by atoms with Gasteiger partial charge in [0, 0.05) is 19.8 Å². The Morgan fingerprint density at radius 2 is 2.50 bits per heavy atom. The Kier molecular flexibility index (Phi) is 1.56. The molecule has 2 rings (SSSR count). The van der Waals surface area contributed by atoms with Crippen molar-refractivity contribution < 1.29 is 4.79 Å². The van der Waals surface area contributed by atoms with Gasteiger partial charge in [-0.3, -0.25) is 4.79 Å². The van der Waals surface area contributed by atoms with E-state index < -0.39 is 0 Å². The van der Waals surface area contributed by atoms with Gasteiger partial charge in [0.2, 0.25) is 5.91 Å². The van der Waals surface area contributed by atoms with Crippen LogP contribution in [0.25, 0.3) is 0 Å². The topological polar surface area (TPSA) is 51.0 Å². The third-order valence-electron chi connectivity index (χ3n) is 2.16. The first-order valence-electron chi connectivity index (χ1n) is 3.90. The molecule has 5 nitrogen and oxygen atoms in total. The van der Waals surface area contributed by atoms with E-state index in [2.05, 4.69) is 10.3 Å². The van der Waals surface area contributed by atoms with E-state index in [4.69, 9.17) is 0 Å². The lowest BCUT2D eigenvalue weighted by atomic mass is 10.2. The van der Waals surface area contributed by atoms with Crippen molar-refractivity contribution in [3.05, 3.63) is 12.4 Å². The Balaban J connectivity index is 2.22. The number of nitrogens with zero attached hydrogens (tertiary/aromatic N) is 4. The minimum atomic E-state index is -0.127. The van der Waals surface area contributed by atoms with Crippen molar-refractivity contribution in [3.63, 3.8) is 0 Å². The van der Waals surface area contributed by atoms with E-state index in [1.165, 1.54) is 0 Å². The second kappa shape index (κ2) is 2.58. The first-order valence-corrected chi connectivity index (χ1v) is 3.90. The van der Waals surface area contributed by atoms with Crippen LogP contribution in [0.3, 0.4) is 0 Å². The predicted octanol–water partition coefficient (Wildman–Crippen LogP) is -0.319. The fourth-order valence-corrected chi connectivity index (χ4v) is 1.43. The molecule has 1 aromatic rings. The van der Waals surface area contributed by atoms with Crippen LogP contribution in [0.2, 0.25) is 0 Å². The molecule has 1 atom stereocenters. The molecule has 1 unspecified atom stereocenters. The summed E-state index contributed by atoms with van der Waals surface area (Å²) in [5.41, 5.74) is 0. The van der Waals surface area contributed by atoms with E-state index in [1.807, 2.05) is 0 Å². The summed E-state index contributed by atoms with van der Waals surface area (Å²) in [6, 6.07) is -0.127. The Morgan fingerprint density at radius 3 is 3.00 bits per heavy atom. The Hall–Kier alpha value is -1.39. The quantitative estimate of drug-likeness (QED) is 0.574. The summed E-state index contributed by atoms with van der Waals surface area (Å²) in [6.07, 6.45) is 4.14. The van der Waals surface area contributed by atoms with Crippen LogP contribution in [0.15, 0.2) is 12.4 Å². The highest BCUT2D eigenvalue weighted by molar-refractivity contribution is 5.82. The number of amides is 1. The molecule has 2 heterocycles. The molecule has 0 N–H and O–H groups in total. The third kappa shape index (κ3) is 0.975. The van der Waals surface area contributed by atoms with E-state index in [-0.39, 0.29) is 11.9 Å². The van der Waals surface area contributed by atoms with Crippen LogP contribution in [-0.2, 0) is 4.79 Å². The van der Waals surface area contributed by atoms with Gasteiger partial charge in [0.15, 0.2) is 0 Å². The SMILES string of the molecule is CN1CCC(n2ccnn2)C1=O. The monoisotopic (exact) mass is 166 g/mol. The average molecular weight is 166 g/mol. The average Bonchev–Trinajstić information content (AvgIpc) is 2.64. The number of rotatable bonds is 1. The highest BCUT2D eigenvalue weighted by Crippen LogP contribution is 2.19. The molecular weight excluding hydrogens is 156 g/mol. The summed E-state index contributed by atoms with van der Waals surface area (Å²) in [5.74, 6) is 0.125. The number of likely N-dealkylation sites (tertiary alicyclic amines) is 1. The van der Waals surface area contributed by atoms with Gasteiger partial charge in [-0.15, -0.1) is 5.10 Å². The van der Waals surface area contributed by atoms with Crippen molar-refractivity contribution in [2.45, 2.75) is 12.5 Å².